The monoisotopic (exact) mass is 521 g/mol. The van der Waals surface area contributed by atoms with E-state index in [2.05, 4.69) is 24.8 Å². The molecule has 1 N–H and O–H groups in total. The van der Waals surface area contributed by atoms with Crippen molar-refractivity contribution in [3.05, 3.63) is 59.7 Å². The van der Waals surface area contributed by atoms with Gasteiger partial charge in [-0.15, -0.1) is 13.2 Å². The van der Waals surface area contributed by atoms with Gasteiger partial charge < -0.3 is 29.0 Å². The van der Waals surface area contributed by atoms with Crippen LogP contribution >= 0.6 is 0 Å². The van der Waals surface area contributed by atoms with Crippen LogP contribution in [0.15, 0.2) is 42.7 Å². The van der Waals surface area contributed by atoms with Gasteiger partial charge in [0.25, 0.3) is 5.91 Å². The zero-order chi connectivity index (χ0) is 27.2. The quantitative estimate of drug-likeness (QED) is 0.391. The maximum Gasteiger partial charge on any atom is 0.573 e. The molecule has 0 aliphatic heterocycles. The average Bonchev–Trinajstić information content (AvgIpc) is 2.85. The van der Waals surface area contributed by atoms with Gasteiger partial charge in [-0.3, -0.25) is 9.78 Å². The lowest BCUT2D eigenvalue weighted by molar-refractivity contribution is -0.274. The molecule has 0 aliphatic rings. The van der Waals surface area contributed by atoms with E-state index in [1.165, 1.54) is 44.8 Å². The fourth-order valence-corrected chi connectivity index (χ4v) is 3.15. The van der Waals surface area contributed by atoms with Gasteiger partial charge in [-0.1, -0.05) is 0 Å². The van der Waals surface area contributed by atoms with E-state index in [-0.39, 0.29) is 46.5 Å². The number of pyridine rings is 2. The van der Waals surface area contributed by atoms with Gasteiger partial charge in [0.2, 0.25) is 0 Å². The summed E-state index contributed by atoms with van der Waals surface area (Å²) in [6.45, 7) is 3.53. The lowest BCUT2D eigenvalue weighted by Crippen LogP contribution is -2.17. The highest BCUT2D eigenvalue weighted by Crippen LogP contribution is 2.39. The number of carbonyl (C=O) groups is 2. The second-order valence-corrected chi connectivity index (χ2v) is 7.18. The molecule has 0 radical (unpaired) electrons. The third kappa shape index (κ3) is 6.78. The van der Waals surface area contributed by atoms with Gasteiger partial charge in [0, 0.05) is 18.0 Å². The molecule has 196 valence electrons. The van der Waals surface area contributed by atoms with Crippen molar-refractivity contribution in [2.45, 2.75) is 20.2 Å². The number of methoxy groups -OCH3 is 2. The van der Waals surface area contributed by atoms with Crippen molar-refractivity contribution in [1.29, 1.82) is 0 Å². The van der Waals surface area contributed by atoms with Gasteiger partial charge >= 0.3 is 12.3 Å². The number of hydrogen-bond acceptors (Lipinski definition) is 9. The molecule has 0 bridgehead atoms. The van der Waals surface area contributed by atoms with Crippen molar-refractivity contribution < 1.29 is 46.4 Å². The second-order valence-electron chi connectivity index (χ2n) is 7.18. The number of esters is 1. The Labute approximate surface area is 209 Å². The normalized spacial score (nSPS) is 10.9. The summed E-state index contributed by atoms with van der Waals surface area (Å²) >= 11 is 0. The molecule has 0 spiro atoms. The van der Waals surface area contributed by atoms with Crippen LogP contribution in [-0.4, -0.2) is 49.0 Å². The number of aryl methyl sites for hydroxylation is 1. The van der Waals surface area contributed by atoms with E-state index in [4.69, 9.17) is 14.2 Å². The highest BCUT2D eigenvalue weighted by Gasteiger charge is 2.31. The summed E-state index contributed by atoms with van der Waals surface area (Å²) < 4.78 is 63.0. The minimum atomic E-state index is -4.90. The number of ether oxygens (including phenoxy) is 5. The molecule has 0 atom stereocenters. The molecule has 3 rings (SSSR count). The number of nitrogens with one attached hydrogen (secondary N) is 1. The van der Waals surface area contributed by atoms with Crippen LogP contribution in [0.3, 0.4) is 0 Å². The molecule has 2 heterocycles. The first-order valence-corrected chi connectivity index (χ1v) is 10.7. The van der Waals surface area contributed by atoms with Gasteiger partial charge in [0.15, 0.2) is 23.0 Å². The number of hydrogen-bond donors (Lipinski definition) is 1. The first-order chi connectivity index (χ1) is 17.6. The molecular formula is C24H22F3N3O7. The van der Waals surface area contributed by atoms with Gasteiger partial charge in [0.05, 0.1) is 32.7 Å². The molecule has 0 saturated heterocycles. The SMILES string of the molecule is CCOc1c(C)ncc(Oc2ccc(OC(F)(F)F)cc2OC)c1C(=O)Nc1ccnc(C(=O)OC)c1. The van der Waals surface area contributed by atoms with Crippen LogP contribution in [0.4, 0.5) is 18.9 Å². The zero-order valence-electron chi connectivity index (χ0n) is 20.1. The van der Waals surface area contributed by atoms with Crippen LogP contribution in [0, 0.1) is 6.92 Å². The third-order valence-corrected chi connectivity index (χ3v) is 4.69. The molecule has 0 fully saturated rings. The Hall–Kier alpha value is -4.55. The van der Waals surface area contributed by atoms with Crippen molar-refractivity contribution in [1.82, 2.24) is 9.97 Å². The van der Waals surface area contributed by atoms with Crippen molar-refractivity contribution in [2.24, 2.45) is 0 Å². The lowest BCUT2D eigenvalue weighted by atomic mass is 10.1. The first kappa shape index (κ1) is 27.0. The molecule has 0 unspecified atom stereocenters. The molecule has 0 saturated carbocycles. The summed E-state index contributed by atoms with van der Waals surface area (Å²) in [4.78, 5) is 33.3. The van der Waals surface area contributed by atoms with E-state index in [0.29, 0.717) is 5.69 Å². The van der Waals surface area contributed by atoms with Crippen LogP contribution < -0.4 is 24.3 Å². The van der Waals surface area contributed by atoms with Crippen LogP contribution in [0.5, 0.6) is 28.7 Å². The molecule has 1 aromatic carbocycles. The topological polar surface area (TPSA) is 118 Å². The van der Waals surface area contributed by atoms with E-state index in [1.54, 1.807) is 13.8 Å². The smallest absolute Gasteiger partial charge is 0.493 e. The molecule has 10 nitrogen and oxygen atoms in total. The predicted molar refractivity (Wildman–Crippen MR) is 123 cm³/mol. The summed E-state index contributed by atoms with van der Waals surface area (Å²) in [5.41, 5.74) is 0.529. The van der Waals surface area contributed by atoms with Crippen LogP contribution in [0.25, 0.3) is 0 Å². The minimum Gasteiger partial charge on any atom is -0.493 e. The first-order valence-electron chi connectivity index (χ1n) is 10.7. The Kier molecular flexibility index (Phi) is 8.37. The van der Waals surface area contributed by atoms with Crippen molar-refractivity contribution in [3.63, 3.8) is 0 Å². The number of aromatic nitrogens is 2. The van der Waals surface area contributed by atoms with Crippen molar-refractivity contribution >= 4 is 17.6 Å². The number of anilines is 1. The van der Waals surface area contributed by atoms with Crippen LogP contribution in [0.2, 0.25) is 0 Å². The Morgan fingerprint density at radius 3 is 2.43 bits per heavy atom. The maximum atomic E-state index is 13.4. The number of carbonyl (C=O) groups excluding carboxylic acids is 2. The summed E-state index contributed by atoms with van der Waals surface area (Å²) in [7, 11) is 2.43. The maximum absolute atomic E-state index is 13.4. The van der Waals surface area contributed by atoms with E-state index >= 15 is 0 Å². The van der Waals surface area contributed by atoms with E-state index < -0.39 is 24.0 Å². The Bertz CT molecular complexity index is 1300. The van der Waals surface area contributed by atoms with Crippen LogP contribution in [-0.2, 0) is 4.74 Å². The summed E-state index contributed by atoms with van der Waals surface area (Å²) in [6.07, 6.45) is -2.32. The molecule has 0 aliphatic carbocycles. The second kappa shape index (κ2) is 11.5. The third-order valence-electron chi connectivity index (χ3n) is 4.69. The number of benzene rings is 1. The van der Waals surface area contributed by atoms with Gasteiger partial charge in [-0.05, 0) is 38.1 Å². The Balaban J connectivity index is 2.01. The van der Waals surface area contributed by atoms with Gasteiger partial charge in [-0.25, -0.2) is 9.78 Å². The number of halogens is 3. The standard InChI is InChI=1S/C24H22F3N3O7/c1-5-35-21-13(2)29-12-19(36-17-7-6-15(11-18(17)33-3)37-24(25,26)27)20(21)22(31)30-14-8-9-28-16(10-14)23(32)34-4/h6-12H,5H2,1-4H3,(H,28,30,31). The largest absolute Gasteiger partial charge is 0.573 e. The van der Waals surface area contributed by atoms with Crippen molar-refractivity contribution in [3.8, 4) is 28.7 Å². The fraction of sp³-hybridized carbons (Fsp3) is 0.250. The van der Waals surface area contributed by atoms with Crippen LogP contribution in [0.1, 0.15) is 33.5 Å². The Morgan fingerprint density at radius 2 is 1.78 bits per heavy atom. The molecule has 2 aromatic heterocycles. The highest BCUT2D eigenvalue weighted by atomic mass is 19.4. The van der Waals surface area contributed by atoms with E-state index in [9.17, 15) is 22.8 Å². The van der Waals surface area contributed by atoms with Crippen molar-refractivity contribution in [2.75, 3.05) is 26.1 Å². The molecule has 37 heavy (non-hydrogen) atoms. The molecular weight excluding hydrogens is 499 g/mol. The molecule has 13 heteroatoms. The molecule has 3 aromatic rings. The lowest BCUT2D eigenvalue weighted by Gasteiger charge is -2.18. The van der Waals surface area contributed by atoms with E-state index in [1.807, 2.05) is 0 Å². The highest BCUT2D eigenvalue weighted by molar-refractivity contribution is 6.08. The fourth-order valence-electron chi connectivity index (χ4n) is 3.15. The van der Waals surface area contributed by atoms with Gasteiger partial charge in [-0.2, -0.15) is 0 Å². The zero-order valence-corrected chi connectivity index (χ0v) is 20.1. The minimum absolute atomic E-state index is 0.0175. The summed E-state index contributed by atoms with van der Waals surface area (Å²) in [6, 6.07) is 5.98. The number of rotatable bonds is 9. The number of alkyl halides is 3. The Morgan fingerprint density at radius 1 is 1.03 bits per heavy atom. The van der Waals surface area contributed by atoms with Gasteiger partial charge in [0.1, 0.15) is 17.0 Å². The number of nitrogens with zero attached hydrogens (tertiary/aromatic N) is 2. The van der Waals surface area contributed by atoms with E-state index in [0.717, 1.165) is 12.1 Å². The average molecular weight is 521 g/mol. The molecule has 1 amide bonds. The summed E-state index contributed by atoms with van der Waals surface area (Å²) in [5, 5.41) is 2.64. The number of amides is 1. The predicted octanol–water partition coefficient (Wildman–Crippen LogP) is 4.92. The summed E-state index contributed by atoms with van der Waals surface area (Å²) in [5.74, 6) is -1.96.